The van der Waals surface area contributed by atoms with Crippen molar-refractivity contribution in [1.82, 2.24) is 9.78 Å². The Morgan fingerprint density at radius 2 is 2.05 bits per heavy atom. The molecule has 0 spiro atoms. The van der Waals surface area contributed by atoms with Crippen molar-refractivity contribution in [3.8, 4) is 0 Å². The van der Waals surface area contributed by atoms with E-state index in [9.17, 15) is 20.2 Å². The number of nitrogen functional groups attached to an aromatic ring is 1. The molecule has 0 aliphatic carbocycles. The molecule has 110 valence electrons. The van der Waals surface area contributed by atoms with E-state index in [-0.39, 0.29) is 22.9 Å². The summed E-state index contributed by atoms with van der Waals surface area (Å²) in [6.07, 6.45) is 1.28. The summed E-state index contributed by atoms with van der Waals surface area (Å²) in [6, 6.07) is 4.33. The average Bonchev–Trinajstić information content (AvgIpc) is 2.79. The van der Waals surface area contributed by atoms with Crippen molar-refractivity contribution >= 4 is 28.8 Å². The number of hydrazine groups is 1. The molecular formula is C10H9ClN6O4. The van der Waals surface area contributed by atoms with Crippen molar-refractivity contribution in [3.63, 3.8) is 0 Å². The van der Waals surface area contributed by atoms with Gasteiger partial charge in [0.2, 0.25) is 0 Å². The zero-order chi connectivity index (χ0) is 15.6. The first-order valence-electron chi connectivity index (χ1n) is 5.53. The van der Waals surface area contributed by atoms with Gasteiger partial charge in [-0.1, -0.05) is 17.7 Å². The minimum atomic E-state index is -0.706. The first-order chi connectivity index (χ1) is 9.92. The summed E-state index contributed by atoms with van der Waals surface area (Å²) in [4.78, 5) is 20.3. The fraction of sp³-hybridized carbons (Fsp3) is 0.100. The first-order valence-corrected chi connectivity index (χ1v) is 5.91. The van der Waals surface area contributed by atoms with Gasteiger partial charge < -0.3 is 15.5 Å². The van der Waals surface area contributed by atoms with Gasteiger partial charge in [-0.2, -0.15) is 4.68 Å². The normalized spacial score (nSPS) is 10.4. The molecule has 2 aromatic rings. The van der Waals surface area contributed by atoms with Gasteiger partial charge in [-0.15, -0.1) is 0 Å². The van der Waals surface area contributed by atoms with Crippen LogP contribution in [0.2, 0.25) is 5.02 Å². The number of aromatic nitrogens is 2. The van der Waals surface area contributed by atoms with Gasteiger partial charge in [-0.05, 0) is 16.6 Å². The summed E-state index contributed by atoms with van der Waals surface area (Å²) in [5, 5.41) is 25.2. The van der Waals surface area contributed by atoms with Crippen LogP contribution in [-0.2, 0) is 6.54 Å². The molecule has 1 aromatic carbocycles. The van der Waals surface area contributed by atoms with E-state index in [0.29, 0.717) is 5.56 Å². The van der Waals surface area contributed by atoms with E-state index in [2.05, 4.69) is 10.5 Å². The Morgan fingerprint density at radius 1 is 1.33 bits per heavy atom. The average molecular weight is 313 g/mol. The zero-order valence-electron chi connectivity index (χ0n) is 10.4. The van der Waals surface area contributed by atoms with E-state index in [1.165, 1.54) is 23.0 Å². The number of rotatable bonds is 5. The lowest BCUT2D eigenvalue weighted by Gasteiger charge is -2.04. The maximum atomic E-state index is 10.9. The molecule has 3 N–H and O–H groups in total. The molecule has 0 aliphatic rings. The van der Waals surface area contributed by atoms with Crippen LogP contribution in [-0.4, -0.2) is 19.6 Å². The summed E-state index contributed by atoms with van der Waals surface area (Å²) < 4.78 is 1.23. The molecule has 0 saturated carbocycles. The topological polar surface area (TPSA) is 142 Å². The quantitative estimate of drug-likeness (QED) is 0.485. The molecule has 1 heterocycles. The Balaban J connectivity index is 2.31. The van der Waals surface area contributed by atoms with Crippen molar-refractivity contribution in [2.75, 3.05) is 5.43 Å². The highest BCUT2D eigenvalue weighted by Crippen LogP contribution is 2.26. The number of nitro benzene ring substituents is 1. The third-order valence-corrected chi connectivity index (χ3v) is 2.90. The Bertz CT molecular complexity index is 716. The maximum absolute atomic E-state index is 10.9. The number of nitrogens with one attached hydrogen (secondary N) is 1. The van der Waals surface area contributed by atoms with Gasteiger partial charge in [-0.25, -0.2) is 0 Å². The van der Waals surface area contributed by atoms with Crippen molar-refractivity contribution < 1.29 is 9.85 Å². The predicted molar refractivity (Wildman–Crippen MR) is 73.9 cm³/mol. The third kappa shape index (κ3) is 3.07. The Hall–Kier alpha value is -2.72. The molecule has 0 bridgehead atoms. The molecule has 0 saturated heterocycles. The van der Waals surface area contributed by atoms with E-state index < -0.39 is 15.7 Å². The monoisotopic (exact) mass is 312 g/mol. The number of nitrogens with zero attached hydrogens (tertiary/aromatic N) is 4. The Morgan fingerprint density at radius 3 is 2.57 bits per heavy atom. The molecule has 11 heteroatoms. The summed E-state index contributed by atoms with van der Waals surface area (Å²) in [5.74, 6) is 4.72. The molecule has 0 atom stereocenters. The summed E-state index contributed by atoms with van der Waals surface area (Å²) in [7, 11) is 0. The predicted octanol–water partition coefficient (Wildman–Crippen LogP) is 1.69. The van der Waals surface area contributed by atoms with E-state index >= 15 is 0 Å². The smallest absolute Gasteiger partial charge is 0.358 e. The maximum Gasteiger partial charge on any atom is 0.408 e. The van der Waals surface area contributed by atoms with E-state index in [1.54, 1.807) is 6.07 Å². The Labute approximate surface area is 122 Å². The third-order valence-electron chi connectivity index (χ3n) is 2.63. The van der Waals surface area contributed by atoms with Crippen LogP contribution in [0.3, 0.4) is 0 Å². The molecule has 21 heavy (non-hydrogen) atoms. The fourth-order valence-corrected chi connectivity index (χ4v) is 1.95. The van der Waals surface area contributed by atoms with Crippen LogP contribution < -0.4 is 11.3 Å². The van der Waals surface area contributed by atoms with E-state index in [0.717, 1.165) is 0 Å². The first kappa shape index (κ1) is 14.7. The fourth-order valence-electron chi connectivity index (χ4n) is 1.73. The van der Waals surface area contributed by atoms with Crippen molar-refractivity contribution in [2.24, 2.45) is 5.84 Å². The number of halogens is 1. The Kier molecular flexibility index (Phi) is 4.00. The molecule has 0 amide bonds. The number of hydrogen-bond acceptors (Lipinski definition) is 7. The lowest BCUT2D eigenvalue weighted by Crippen LogP contribution is -2.10. The van der Waals surface area contributed by atoms with E-state index in [4.69, 9.17) is 17.4 Å². The largest absolute Gasteiger partial charge is 0.408 e. The molecule has 10 nitrogen and oxygen atoms in total. The lowest BCUT2D eigenvalue weighted by molar-refractivity contribution is -0.389. The van der Waals surface area contributed by atoms with Gasteiger partial charge in [0.05, 0.1) is 22.8 Å². The molecule has 0 radical (unpaired) electrons. The number of anilines is 1. The van der Waals surface area contributed by atoms with Crippen molar-refractivity contribution in [1.29, 1.82) is 0 Å². The van der Waals surface area contributed by atoms with Gasteiger partial charge in [0.15, 0.2) is 5.02 Å². The molecule has 0 fully saturated rings. The van der Waals surface area contributed by atoms with Gasteiger partial charge in [0.25, 0.3) is 5.69 Å². The van der Waals surface area contributed by atoms with Crippen LogP contribution in [0.5, 0.6) is 0 Å². The van der Waals surface area contributed by atoms with Crippen LogP contribution in [0.4, 0.5) is 17.2 Å². The van der Waals surface area contributed by atoms with Gasteiger partial charge in [-0.3, -0.25) is 16.0 Å². The zero-order valence-corrected chi connectivity index (χ0v) is 11.1. The molecule has 0 aliphatic heterocycles. The van der Waals surface area contributed by atoms with Crippen LogP contribution in [0.15, 0.2) is 24.4 Å². The van der Waals surface area contributed by atoms with Crippen LogP contribution in [0.1, 0.15) is 5.56 Å². The summed E-state index contributed by atoms with van der Waals surface area (Å²) >= 11 is 5.68. The van der Waals surface area contributed by atoms with Gasteiger partial charge in [0, 0.05) is 6.07 Å². The SMILES string of the molecule is NNc1ccc(Cn2cc(Cl)c([N+](=O)[O-])n2)cc1[N+](=O)[O-]. The second-order valence-corrected chi connectivity index (χ2v) is 4.42. The van der Waals surface area contributed by atoms with Crippen molar-refractivity contribution in [3.05, 3.63) is 55.2 Å². The highest BCUT2D eigenvalue weighted by atomic mass is 35.5. The van der Waals surface area contributed by atoms with E-state index in [1.807, 2.05) is 0 Å². The van der Waals surface area contributed by atoms with Crippen LogP contribution >= 0.6 is 11.6 Å². The lowest BCUT2D eigenvalue weighted by atomic mass is 10.1. The highest BCUT2D eigenvalue weighted by Gasteiger charge is 2.20. The molecule has 0 unspecified atom stereocenters. The second-order valence-electron chi connectivity index (χ2n) is 4.01. The molecular weight excluding hydrogens is 304 g/mol. The number of nitro groups is 2. The van der Waals surface area contributed by atoms with Crippen LogP contribution in [0.25, 0.3) is 0 Å². The minimum absolute atomic E-state index is 0.0965. The highest BCUT2D eigenvalue weighted by molar-refractivity contribution is 6.32. The number of benzene rings is 1. The number of nitrogens with two attached hydrogens (primary N) is 1. The molecule has 2 rings (SSSR count). The van der Waals surface area contributed by atoms with Crippen LogP contribution in [0, 0.1) is 20.2 Å². The summed E-state index contributed by atoms with van der Waals surface area (Å²) in [6.45, 7) is 0.0965. The van der Waals surface area contributed by atoms with Gasteiger partial charge >= 0.3 is 5.82 Å². The standard InChI is InChI=1S/C10H9ClN6O4/c11-7-5-15(14-10(7)17(20)21)4-6-1-2-8(13-12)9(3-6)16(18)19/h1-3,5,13H,4,12H2. The number of hydrogen-bond donors (Lipinski definition) is 2. The van der Waals surface area contributed by atoms with Gasteiger partial charge in [0.1, 0.15) is 5.69 Å². The van der Waals surface area contributed by atoms with Crippen molar-refractivity contribution in [2.45, 2.75) is 6.54 Å². The minimum Gasteiger partial charge on any atom is -0.358 e. The summed E-state index contributed by atoms with van der Waals surface area (Å²) in [5.41, 5.74) is 2.70. The molecule has 1 aromatic heterocycles. The second kappa shape index (κ2) is 5.73.